The van der Waals surface area contributed by atoms with E-state index in [-0.39, 0.29) is 0 Å². The lowest BCUT2D eigenvalue weighted by Gasteiger charge is -1.91. The molecule has 0 spiro atoms. The van der Waals surface area contributed by atoms with Crippen LogP contribution in [0.15, 0.2) is 21.3 Å². The normalized spacial score (nSPS) is 15.6. The fraction of sp³-hybridized carbons (Fsp3) is 0.222. The Hall–Kier alpha value is -0.720. The topological polar surface area (TPSA) is 38.1 Å². The van der Waals surface area contributed by atoms with Crippen LogP contribution in [-0.2, 0) is 0 Å². The second-order valence-corrected chi connectivity index (χ2v) is 5.61. The maximum atomic E-state index is 4.55. The molecule has 0 radical (unpaired) electrons. The van der Waals surface area contributed by atoms with Crippen molar-refractivity contribution in [2.24, 2.45) is 4.99 Å². The zero-order valence-electron chi connectivity index (χ0n) is 7.71. The van der Waals surface area contributed by atoms with E-state index in [1.165, 1.54) is 0 Å². The standard InChI is InChI=1S/C9H7N3S3/c1-2-14-8(10-1)7-4-15-9(12-7)6-3-13-5-11-6/h3-5H,1-2H2. The zero-order valence-corrected chi connectivity index (χ0v) is 10.2. The molecule has 1 aliphatic rings. The van der Waals surface area contributed by atoms with Gasteiger partial charge in [-0.15, -0.1) is 34.4 Å². The minimum absolute atomic E-state index is 0.920. The number of aromatic nitrogens is 2. The molecule has 0 aromatic carbocycles. The quantitative estimate of drug-likeness (QED) is 0.826. The van der Waals surface area contributed by atoms with Crippen LogP contribution < -0.4 is 0 Å². The highest BCUT2D eigenvalue weighted by molar-refractivity contribution is 8.14. The fourth-order valence-corrected chi connectivity index (χ4v) is 3.57. The van der Waals surface area contributed by atoms with E-state index in [1.54, 1.807) is 34.4 Å². The van der Waals surface area contributed by atoms with Crippen molar-refractivity contribution in [2.75, 3.05) is 12.3 Å². The van der Waals surface area contributed by atoms with Crippen LogP contribution in [0.25, 0.3) is 10.7 Å². The van der Waals surface area contributed by atoms with E-state index in [0.717, 1.165) is 33.7 Å². The minimum Gasteiger partial charge on any atom is -0.275 e. The minimum atomic E-state index is 0.920. The zero-order chi connectivity index (χ0) is 10.1. The average Bonchev–Trinajstić information content (AvgIpc) is 3.02. The van der Waals surface area contributed by atoms with Crippen LogP contribution in [0.4, 0.5) is 0 Å². The lowest BCUT2D eigenvalue weighted by Crippen LogP contribution is -1.91. The van der Waals surface area contributed by atoms with E-state index in [0.29, 0.717) is 0 Å². The first kappa shape index (κ1) is 9.50. The molecule has 0 saturated carbocycles. The van der Waals surface area contributed by atoms with Crippen LogP contribution >= 0.6 is 34.4 Å². The summed E-state index contributed by atoms with van der Waals surface area (Å²) in [5.74, 6) is 1.08. The number of thiazole rings is 2. The lowest BCUT2D eigenvalue weighted by molar-refractivity contribution is 1.17. The molecule has 3 nitrogen and oxygen atoms in total. The van der Waals surface area contributed by atoms with E-state index in [9.17, 15) is 0 Å². The molecule has 2 aromatic rings. The Labute approximate surface area is 99.3 Å². The summed E-state index contributed by atoms with van der Waals surface area (Å²) in [5.41, 5.74) is 3.81. The van der Waals surface area contributed by atoms with Crippen LogP contribution in [0.2, 0.25) is 0 Å². The van der Waals surface area contributed by atoms with Gasteiger partial charge in [-0.2, -0.15) is 0 Å². The van der Waals surface area contributed by atoms with Gasteiger partial charge < -0.3 is 0 Å². The fourth-order valence-electron chi connectivity index (χ4n) is 1.30. The van der Waals surface area contributed by atoms with Crippen molar-refractivity contribution in [3.63, 3.8) is 0 Å². The number of nitrogens with zero attached hydrogens (tertiary/aromatic N) is 3. The molecule has 1 aliphatic heterocycles. The summed E-state index contributed by atoms with van der Waals surface area (Å²) in [7, 11) is 0. The molecule has 0 aliphatic carbocycles. The highest BCUT2D eigenvalue weighted by Crippen LogP contribution is 2.26. The first-order chi connectivity index (χ1) is 7.43. The Morgan fingerprint density at radius 3 is 2.93 bits per heavy atom. The maximum absolute atomic E-state index is 4.55. The molecule has 76 valence electrons. The Kier molecular flexibility index (Phi) is 2.56. The first-order valence-corrected chi connectivity index (χ1v) is 7.26. The van der Waals surface area contributed by atoms with E-state index >= 15 is 0 Å². The molecule has 0 saturated heterocycles. The molecule has 3 heterocycles. The van der Waals surface area contributed by atoms with Gasteiger partial charge in [0, 0.05) is 23.1 Å². The number of aliphatic imine (C=N–C) groups is 1. The first-order valence-electron chi connectivity index (χ1n) is 4.45. The molecule has 0 atom stereocenters. The second kappa shape index (κ2) is 4.03. The molecule has 0 N–H and O–H groups in total. The van der Waals surface area contributed by atoms with Gasteiger partial charge in [0.15, 0.2) is 0 Å². The van der Waals surface area contributed by atoms with Crippen molar-refractivity contribution in [1.82, 2.24) is 9.97 Å². The summed E-state index contributed by atoms with van der Waals surface area (Å²) in [4.78, 5) is 13.2. The summed E-state index contributed by atoms with van der Waals surface area (Å²) in [6.07, 6.45) is 0. The third-order valence-electron chi connectivity index (χ3n) is 1.96. The van der Waals surface area contributed by atoms with Gasteiger partial charge in [0.05, 0.1) is 5.51 Å². The monoisotopic (exact) mass is 253 g/mol. The molecular weight excluding hydrogens is 246 g/mol. The van der Waals surface area contributed by atoms with Gasteiger partial charge in [0.1, 0.15) is 21.4 Å². The van der Waals surface area contributed by atoms with E-state index in [4.69, 9.17) is 0 Å². The summed E-state index contributed by atoms with van der Waals surface area (Å²) >= 11 is 5.01. The largest absolute Gasteiger partial charge is 0.275 e. The summed E-state index contributed by atoms with van der Waals surface area (Å²) < 4.78 is 0. The van der Waals surface area contributed by atoms with Gasteiger partial charge in [-0.1, -0.05) is 0 Å². The van der Waals surface area contributed by atoms with Crippen molar-refractivity contribution in [3.05, 3.63) is 22.0 Å². The molecule has 6 heteroatoms. The van der Waals surface area contributed by atoms with Gasteiger partial charge in [0.25, 0.3) is 0 Å². The van der Waals surface area contributed by atoms with Gasteiger partial charge in [-0.25, -0.2) is 9.97 Å². The van der Waals surface area contributed by atoms with Crippen molar-refractivity contribution in [1.29, 1.82) is 0 Å². The maximum Gasteiger partial charge on any atom is 0.143 e. The molecule has 15 heavy (non-hydrogen) atoms. The Morgan fingerprint density at radius 2 is 2.20 bits per heavy atom. The van der Waals surface area contributed by atoms with Gasteiger partial charge in [-0.05, 0) is 0 Å². The third kappa shape index (κ3) is 1.84. The summed E-state index contributed by atoms with van der Waals surface area (Å²) in [6, 6.07) is 0. The van der Waals surface area contributed by atoms with Crippen LogP contribution in [0.1, 0.15) is 5.69 Å². The van der Waals surface area contributed by atoms with Crippen molar-refractivity contribution in [2.45, 2.75) is 0 Å². The second-order valence-electron chi connectivity index (χ2n) is 2.95. The molecule has 0 amide bonds. The van der Waals surface area contributed by atoms with E-state index in [1.807, 2.05) is 10.9 Å². The highest BCUT2D eigenvalue weighted by Gasteiger charge is 2.14. The van der Waals surface area contributed by atoms with Crippen molar-refractivity contribution < 1.29 is 0 Å². The highest BCUT2D eigenvalue weighted by atomic mass is 32.2. The number of hydrogen-bond donors (Lipinski definition) is 0. The molecule has 3 rings (SSSR count). The number of rotatable bonds is 2. The Balaban J connectivity index is 1.94. The van der Waals surface area contributed by atoms with Crippen LogP contribution in [0, 0.1) is 0 Å². The third-order valence-corrected chi connectivity index (χ3v) is 4.41. The number of thioether (sulfide) groups is 1. The smallest absolute Gasteiger partial charge is 0.143 e. The summed E-state index contributed by atoms with van der Waals surface area (Å²) in [6.45, 7) is 0.920. The SMILES string of the molecule is c1nc(-c2nc(C3=NCCS3)cs2)cs1. The van der Waals surface area contributed by atoms with Gasteiger partial charge in [-0.3, -0.25) is 4.99 Å². The molecule has 2 aromatic heterocycles. The van der Waals surface area contributed by atoms with Crippen molar-refractivity contribution in [3.8, 4) is 10.7 Å². The van der Waals surface area contributed by atoms with Gasteiger partial charge in [0.2, 0.25) is 0 Å². The Bertz CT molecular complexity index is 486. The molecule has 0 unspecified atom stereocenters. The number of hydrogen-bond acceptors (Lipinski definition) is 6. The van der Waals surface area contributed by atoms with Crippen LogP contribution in [0.5, 0.6) is 0 Å². The van der Waals surface area contributed by atoms with Crippen molar-refractivity contribution >= 4 is 39.5 Å². The molecule has 0 fully saturated rings. The lowest BCUT2D eigenvalue weighted by atomic mass is 10.5. The summed E-state index contributed by atoms with van der Waals surface area (Å²) in [5, 5.41) is 6.15. The van der Waals surface area contributed by atoms with Crippen LogP contribution in [0.3, 0.4) is 0 Å². The predicted molar refractivity (Wildman–Crippen MR) is 67.1 cm³/mol. The average molecular weight is 253 g/mol. The van der Waals surface area contributed by atoms with Crippen LogP contribution in [-0.4, -0.2) is 27.3 Å². The molecular formula is C9H7N3S3. The van der Waals surface area contributed by atoms with E-state index < -0.39 is 0 Å². The van der Waals surface area contributed by atoms with Gasteiger partial charge >= 0.3 is 0 Å². The predicted octanol–water partition coefficient (Wildman–Crippen LogP) is 2.76. The van der Waals surface area contributed by atoms with E-state index in [2.05, 4.69) is 20.3 Å². The molecule has 0 bridgehead atoms. The Morgan fingerprint density at radius 1 is 1.20 bits per heavy atom.